The molecule has 33 heavy (non-hydrogen) atoms. The molecule has 7 nitrogen and oxygen atoms in total. The Bertz CT molecular complexity index is 1430. The van der Waals surface area contributed by atoms with Crippen LogP contribution in [0.1, 0.15) is 59.8 Å². The number of carbonyl (C=O) groups is 1. The lowest BCUT2D eigenvalue weighted by Crippen LogP contribution is -2.29. The summed E-state index contributed by atoms with van der Waals surface area (Å²) in [4.78, 5) is 28.8. The molecule has 0 radical (unpaired) electrons. The second kappa shape index (κ2) is 7.92. The van der Waals surface area contributed by atoms with E-state index in [1.165, 1.54) is 4.90 Å². The van der Waals surface area contributed by atoms with Gasteiger partial charge in [-0.25, -0.2) is 0 Å². The van der Waals surface area contributed by atoms with Crippen LogP contribution in [0.4, 0.5) is 5.82 Å². The van der Waals surface area contributed by atoms with Gasteiger partial charge < -0.3 is 13.7 Å². The highest BCUT2D eigenvalue weighted by Gasteiger charge is 2.45. The largest absolute Gasteiger partial charge is 0.491 e. The van der Waals surface area contributed by atoms with Gasteiger partial charge in [-0.3, -0.25) is 14.5 Å². The monoisotopic (exact) mass is 444 g/mol. The molecule has 7 heteroatoms. The lowest BCUT2D eigenvalue weighted by atomic mass is 9.97. The van der Waals surface area contributed by atoms with Crippen LogP contribution in [0.25, 0.3) is 11.0 Å². The van der Waals surface area contributed by atoms with Gasteiger partial charge in [-0.05, 0) is 62.6 Å². The first-order chi connectivity index (χ1) is 15.9. The van der Waals surface area contributed by atoms with Gasteiger partial charge in [0.05, 0.1) is 23.1 Å². The molecular formula is C26H24N2O5. The summed E-state index contributed by atoms with van der Waals surface area (Å²) >= 11 is 0. The van der Waals surface area contributed by atoms with Crippen LogP contribution in [-0.4, -0.2) is 17.2 Å². The zero-order valence-corrected chi connectivity index (χ0v) is 18.9. The van der Waals surface area contributed by atoms with Crippen LogP contribution in [0.15, 0.2) is 62.3 Å². The summed E-state index contributed by atoms with van der Waals surface area (Å²) in [6.45, 7) is 7.66. The maximum absolute atomic E-state index is 13.7. The molecule has 1 aliphatic rings. The molecule has 0 N–H and O–H groups in total. The Morgan fingerprint density at radius 3 is 2.64 bits per heavy atom. The van der Waals surface area contributed by atoms with Crippen LogP contribution < -0.4 is 15.1 Å². The van der Waals surface area contributed by atoms with Crippen molar-refractivity contribution in [3.63, 3.8) is 0 Å². The Balaban J connectivity index is 1.77. The van der Waals surface area contributed by atoms with Gasteiger partial charge in [-0.1, -0.05) is 30.3 Å². The molecule has 5 rings (SSSR count). The van der Waals surface area contributed by atoms with Crippen LogP contribution in [0.2, 0.25) is 0 Å². The number of anilines is 1. The van der Waals surface area contributed by atoms with Crippen LogP contribution in [-0.2, 0) is 6.42 Å². The number of benzene rings is 2. The van der Waals surface area contributed by atoms with Crippen molar-refractivity contribution in [2.45, 2.75) is 46.3 Å². The smallest absolute Gasteiger partial charge is 0.296 e. The zero-order chi connectivity index (χ0) is 23.3. The van der Waals surface area contributed by atoms with Crippen molar-refractivity contribution < 1.29 is 18.5 Å². The van der Waals surface area contributed by atoms with Gasteiger partial charge in [0.2, 0.25) is 5.76 Å². The van der Waals surface area contributed by atoms with Crippen molar-refractivity contribution in [3.05, 3.63) is 87.0 Å². The fraction of sp³-hybridized carbons (Fsp3) is 0.269. The predicted molar refractivity (Wildman–Crippen MR) is 124 cm³/mol. The summed E-state index contributed by atoms with van der Waals surface area (Å²) in [5, 5.41) is 4.52. The fourth-order valence-corrected chi connectivity index (χ4v) is 4.29. The van der Waals surface area contributed by atoms with Crippen molar-refractivity contribution in [1.29, 1.82) is 0 Å². The number of hydrogen-bond acceptors (Lipinski definition) is 6. The van der Waals surface area contributed by atoms with Crippen molar-refractivity contribution in [2.75, 3.05) is 4.90 Å². The molecular weight excluding hydrogens is 420 g/mol. The number of amides is 1. The van der Waals surface area contributed by atoms with E-state index in [-0.39, 0.29) is 17.3 Å². The van der Waals surface area contributed by atoms with Gasteiger partial charge in [0.1, 0.15) is 17.1 Å². The predicted octanol–water partition coefficient (Wildman–Crippen LogP) is 5.19. The van der Waals surface area contributed by atoms with E-state index in [4.69, 9.17) is 13.7 Å². The minimum atomic E-state index is -0.723. The number of rotatable bonds is 5. The highest BCUT2D eigenvalue weighted by molar-refractivity contribution is 6.10. The van der Waals surface area contributed by atoms with Gasteiger partial charge in [0.25, 0.3) is 5.91 Å². The van der Waals surface area contributed by atoms with Gasteiger partial charge in [-0.2, -0.15) is 0 Å². The average molecular weight is 444 g/mol. The first-order valence-corrected chi connectivity index (χ1v) is 11.0. The van der Waals surface area contributed by atoms with Crippen LogP contribution in [0.3, 0.4) is 0 Å². The Morgan fingerprint density at radius 1 is 1.12 bits per heavy atom. The van der Waals surface area contributed by atoms with E-state index in [2.05, 4.69) is 5.16 Å². The van der Waals surface area contributed by atoms with Crippen molar-refractivity contribution in [1.82, 2.24) is 5.16 Å². The third-order valence-corrected chi connectivity index (χ3v) is 5.75. The topological polar surface area (TPSA) is 85.8 Å². The lowest BCUT2D eigenvalue weighted by Gasteiger charge is -2.23. The summed E-state index contributed by atoms with van der Waals surface area (Å²) in [5.41, 5.74) is 2.20. The summed E-state index contributed by atoms with van der Waals surface area (Å²) in [6.07, 6.45) is 0.766. The van der Waals surface area contributed by atoms with E-state index >= 15 is 0 Å². The Hall–Kier alpha value is -3.87. The fourth-order valence-electron chi connectivity index (χ4n) is 4.29. The first kappa shape index (κ1) is 21.0. The SMILES string of the molecule is CCc1ccc2oc3c(c(=O)c2c1)[C@@H](c1cccc(OC(C)C)c1)N(c1cc(C)on1)C3=O. The molecule has 4 aromatic rings. The zero-order valence-electron chi connectivity index (χ0n) is 18.9. The van der Waals surface area contributed by atoms with Crippen LogP contribution in [0, 0.1) is 6.92 Å². The third-order valence-electron chi connectivity index (χ3n) is 5.75. The van der Waals surface area contributed by atoms with Gasteiger partial charge in [-0.15, -0.1) is 0 Å². The lowest BCUT2D eigenvalue weighted by molar-refractivity contribution is 0.0969. The van der Waals surface area contributed by atoms with Crippen molar-refractivity contribution in [3.8, 4) is 5.75 Å². The minimum absolute atomic E-state index is 0.0199. The minimum Gasteiger partial charge on any atom is -0.491 e. The van der Waals surface area contributed by atoms with Crippen molar-refractivity contribution >= 4 is 22.7 Å². The molecule has 2 aromatic carbocycles. The number of ether oxygens (including phenoxy) is 1. The quantitative estimate of drug-likeness (QED) is 0.421. The molecule has 0 aliphatic carbocycles. The van der Waals surface area contributed by atoms with E-state index in [9.17, 15) is 9.59 Å². The molecule has 0 saturated carbocycles. The second-order valence-electron chi connectivity index (χ2n) is 8.47. The summed E-state index contributed by atoms with van der Waals surface area (Å²) in [6, 6.07) is 13.8. The van der Waals surface area contributed by atoms with E-state index in [0.717, 1.165) is 17.5 Å². The molecule has 168 valence electrons. The number of carbonyl (C=O) groups excluding carboxylic acids is 1. The molecule has 3 heterocycles. The van der Waals surface area contributed by atoms with Crippen molar-refractivity contribution in [2.24, 2.45) is 0 Å². The number of nitrogens with zero attached hydrogens (tertiary/aromatic N) is 2. The molecule has 1 atom stereocenters. The molecule has 0 spiro atoms. The molecule has 1 aliphatic heterocycles. The molecule has 2 aromatic heterocycles. The molecule has 0 fully saturated rings. The number of fused-ring (bicyclic) bond motifs is 2. The first-order valence-electron chi connectivity index (χ1n) is 11.0. The van der Waals surface area contributed by atoms with E-state index < -0.39 is 11.9 Å². The second-order valence-corrected chi connectivity index (χ2v) is 8.47. The standard InChI is InChI=1S/C26H24N2O5/c1-5-16-9-10-20-19(12-16)24(29)22-23(17-7-6-8-18(13-17)31-14(2)3)28(26(30)25(22)32-20)21-11-15(4)33-27-21/h6-14,23H,5H2,1-4H3/t23-/m1/s1. The Labute approximate surface area is 190 Å². The Kier molecular flexibility index (Phi) is 5.04. The highest BCUT2D eigenvalue weighted by Crippen LogP contribution is 2.41. The molecule has 1 amide bonds. The Morgan fingerprint density at radius 2 is 1.94 bits per heavy atom. The van der Waals surface area contributed by atoms with E-state index in [0.29, 0.717) is 33.9 Å². The number of aromatic nitrogens is 1. The van der Waals surface area contributed by atoms with E-state index in [1.54, 1.807) is 19.1 Å². The van der Waals surface area contributed by atoms with Crippen LogP contribution in [0.5, 0.6) is 5.75 Å². The summed E-state index contributed by atoms with van der Waals surface area (Å²) in [7, 11) is 0. The maximum Gasteiger partial charge on any atom is 0.296 e. The summed E-state index contributed by atoms with van der Waals surface area (Å²) in [5.74, 6) is 1.12. The molecule has 0 saturated heterocycles. The molecule has 0 unspecified atom stereocenters. The van der Waals surface area contributed by atoms with Gasteiger partial charge in [0, 0.05) is 6.07 Å². The highest BCUT2D eigenvalue weighted by atomic mass is 16.5. The summed E-state index contributed by atoms with van der Waals surface area (Å²) < 4.78 is 17.1. The van der Waals surface area contributed by atoms with Crippen LogP contribution >= 0.6 is 0 Å². The van der Waals surface area contributed by atoms with E-state index in [1.807, 2.05) is 57.2 Å². The number of aryl methyl sites for hydroxylation is 2. The van der Waals surface area contributed by atoms with Gasteiger partial charge in [0.15, 0.2) is 11.2 Å². The number of hydrogen-bond donors (Lipinski definition) is 0. The van der Waals surface area contributed by atoms with Gasteiger partial charge >= 0.3 is 0 Å². The third kappa shape index (κ3) is 3.50. The molecule has 0 bridgehead atoms. The maximum atomic E-state index is 13.7. The average Bonchev–Trinajstić information content (AvgIpc) is 3.34. The normalized spacial score (nSPS) is 15.5.